The first-order chi connectivity index (χ1) is 10.2. The zero-order valence-electron chi connectivity index (χ0n) is 14.3. The summed E-state index contributed by atoms with van der Waals surface area (Å²) >= 11 is 2.35. The molecule has 0 spiro atoms. The third kappa shape index (κ3) is 6.98. The van der Waals surface area contributed by atoms with Gasteiger partial charge in [0.25, 0.3) is 0 Å². The van der Waals surface area contributed by atoms with Crippen LogP contribution in [-0.4, -0.2) is 28.0 Å². The molecule has 22 heavy (non-hydrogen) atoms. The van der Waals surface area contributed by atoms with Gasteiger partial charge in [0.2, 0.25) is 0 Å². The maximum atomic E-state index is 11.5. The number of halogens is 1. The molecule has 0 radical (unpaired) electrons. The van der Waals surface area contributed by atoms with Gasteiger partial charge in [0, 0.05) is 18.8 Å². The molecule has 0 aliphatic carbocycles. The summed E-state index contributed by atoms with van der Waals surface area (Å²) in [6, 6.07) is 0. The van der Waals surface area contributed by atoms with Crippen LogP contribution in [0.3, 0.4) is 0 Å². The topological polar surface area (TPSA) is 56.2 Å². The minimum Gasteiger partial charge on any atom is -0.444 e. The van der Waals surface area contributed by atoms with Crippen LogP contribution in [-0.2, 0) is 11.3 Å². The molecule has 1 heterocycles. The molecule has 1 amide bonds. The Morgan fingerprint density at radius 1 is 1.23 bits per heavy atom. The number of alkyl carbamates (subject to hydrolysis) is 1. The number of hydrogen-bond donors (Lipinski definition) is 1. The van der Waals surface area contributed by atoms with Gasteiger partial charge in [-0.3, -0.25) is 4.68 Å². The van der Waals surface area contributed by atoms with Crippen LogP contribution >= 0.6 is 22.6 Å². The van der Waals surface area contributed by atoms with Gasteiger partial charge < -0.3 is 10.1 Å². The lowest BCUT2D eigenvalue weighted by Gasteiger charge is -2.19. The van der Waals surface area contributed by atoms with Crippen molar-refractivity contribution in [2.75, 3.05) is 6.54 Å². The Kier molecular flexibility index (Phi) is 7.65. The first-order valence-corrected chi connectivity index (χ1v) is 8.95. The quantitative estimate of drug-likeness (QED) is 0.531. The predicted molar refractivity (Wildman–Crippen MR) is 97.1 cm³/mol. The summed E-state index contributed by atoms with van der Waals surface area (Å²) in [6.07, 6.45) is 4.01. The van der Waals surface area contributed by atoms with E-state index in [1.165, 1.54) is 9.26 Å². The predicted octanol–water partition coefficient (Wildman–Crippen LogP) is 4.19. The summed E-state index contributed by atoms with van der Waals surface area (Å²) in [5.41, 5.74) is 1.94. The van der Waals surface area contributed by atoms with E-state index in [4.69, 9.17) is 4.74 Å². The van der Waals surface area contributed by atoms with Crippen LogP contribution in [0.15, 0.2) is 0 Å². The van der Waals surface area contributed by atoms with Crippen LogP contribution in [0, 0.1) is 17.4 Å². The van der Waals surface area contributed by atoms with Gasteiger partial charge in [-0.05, 0) is 70.1 Å². The van der Waals surface area contributed by atoms with Crippen molar-refractivity contribution in [1.82, 2.24) is 15.1 Å². The molecule has 5 nitrogen and oxygen atoms in total. The number of hydrogen-bond acceptors (Lipinski definition) is 3. The fraction of sp³-hybridized carbons (Fsp3) is 0.750. The fourth-order valence-corrected chi connectivity index (χ4v) is 2.52. The number of nitrogens with one attached hydrogen (secondary N) is 1. The van der Waals surface area contributed by atoms with Gasteiger partial charge in [0.05, 0.1) is 9.26 Å². The SMILES string of the molecule is Cc1nn(CCCCCCNC(=O)OC(C)(C)C)c(C)c1I. The molecule has 0 aliphatic heterocycles. The fourth-order valence-electron chi connectivity index (χ4n) is 2.14. The van der Waals surface area contributed by atoms with Gasteiger partial charge in [-0.2, -0.15) is 5.10 Å². The maximum Gasteiger partial charge on any atom is 0.407 e. The second-order valence-corrected chi connectivity index (χ2v) is 7.63. The van der Waals surface area contributed by atoms with Crippen LogP contribution in [0.4, 0.5) is 4.79 Å². The lowest BCUT2D eigenvalue weighted by atomic mass is 10.2. The highest BCUT2D eigenvalue weighted by Gasteiger charge is 2.15. The largest absolute Gasteiger partial charge is 0.444 e. The van der Waals surface area contributed by atoms with E-state index >= 15 is 0 Å². The van der Waals surface area contributed by atoms with Gasteiger partial charge in [0.1, 0.15) is 5.60 Å². The number of carbonyl (C=O) groups is 1. The standard InChI is InChI=1S/C16H28IN3O2/c1-12-14(17)13(2)20(19-12)11-9-7-6-8-10-18-15(21)22-16(3,4)5/h6-11H2,1-5H3,(H,18,21). The number of rotatable bonds is 7. The van der Waals surface area contributed by atoms with Gasteiger partial charge in [0.15, 0.2) is 0 Å². The van der Waals surface area contributed by atoms with Crippen molar-refractivity contribution in [2.45, 2.75) is 72.4 Å². The zero-order chi connectivity index (χ0) is 16.8. The molecular weight excluding hydrogens is 393 g/mol. The van der Waals surface area contributed by atoms with E-state index in [0.717, 1.165) is 37.9 Å². The van der Waals surface area contributed by atoms with Crippen molar-refractivity contribution in [3.8, 4) is 0 Å². The van der Waals surface area contributed by atoms with Crippen molar-refractivity contribution in [3.63, 3.8) is 0 Å². The molecule has 0 saturated heterocycles. The van der Waals surface area contributed by atoms with E-state index in [2.05, 4.69) is 44.6 Å². The lowest BCUT2D eigenvalue weighted by Crippen LogP contribution is -2.32. The second kappa shape index (κ2) is 8.74. The Balaban J connectivity index is 2.09. The molecule has 0 bridgehead atoms. The first kappa shape index (κ1) is 19.3. The summed E-state index contributed by atoms with van der Waals surface area (Å²) in [4.78, 5) is 11.5. The molecule has 0 fully saturated rings. The molecule has 126 valence electrons. The number of aromatic nitrogens is 2. The minimum absolute atomic E-state index is 0.329. The Labute approximate surface area is 147 Å². The third-order valence-electron chi connectivity index (χ3n) is 3.26. The number of ether oxygens (including phenoxy) is 1. The van der Waals surface area contributed by atoms with Crippen molar-refractivity contribution in [3.05, 3.63) is 15.0 Å². The minimum atomic E-state index is -0.429. The summed E-state index contributed by atoms with van der Waals surface area (Å²) in [5.74, 6) is 0. The highest BCUT2D eigenvalue weighted by Crippen LogP contribution is 2.16. The number of unbranched alkanes of at least 4 members (excludes halogenated alkanes) is 3. The van der Waals surface area contributed by atoms with E-state index in [9.17, 15) is 4.79 Å². The van der Waals surface area contributed by atoms with Crippen LogP contribution in [0.2, 0.25) is 0 Å². The average Bonchev–Trinajstić information content (AvgIpc) is 2.63. The number of amides is 1. The highest BCUT2D eigenvalue weighted by molar-refractivity contribution is 14.1. The molecule has 1 aromatic heterocycles. The summed E-state index contributed by atoms with van der Waals surface area (Å²) in [7, 11) is 0. The maximum absolute atomic E-state index is 11.5. The molecule has 1 aromatic rings. The van der Waals surface area contributed by atoms with Crippen LogP contribution in [0.1, 0.15) is 57.8 Å². The van der Waals surface area contributed by atoms with Crippen molar-refractivity contribution in [2.24, 2.45) is 0 Å². The van der Waals surface area contributed by atoms with Crippen molar-refractivity contribution >= 4 is 28.7 Å². The van der Waals surface area contributed by atoms with E-state index in [1.54, 1.807) is 0 Å². The highest BCUT2D eigenvalue weighted by atomic mass is 127. The molecular formula is C16H28IN3O2. The molecule has 0 aliphatic rings. The summed E-state index contributed by atoms with van der Waals surface area (Å²) in [5, 5.41) is 7.32. The Bertz CT molecular complexity index is 492. The van der Waals surface area contributed by atoms with Crippen LogP contribution in [0.25, 0.3) is 0 Å². The monoisotopic (exact) mass is 421 g/mol. The van der Waals surface area contributed by atoms with Crippen LogP contribution < -0.4 is 5.32 Å². The van der Waals surface area contributed by atoms with Gasteiger partial charge >= 0.3 is 6.09 Å². The average molecular weight is 421 g/mol. The molecule has 1 rings (SSSR count). The zero-order valence-corrected chi connectivity index (χ0v) is 16.5. The number of aryl methyl sites for hydroxylation is 2. The smallest absolute Gasteiger partial charge is 0.407 e. The van der Waals surface area contributed by atoms with Crippen molar-refractivity contribution in [1.29, 1.82) is 0 Å². The van der Waals surface area contributed by atoms with E-state index in [-0.39, 0.29) is 6.09 Å². The van der Waals surface area contributed by atoms with Gasteiger partial charge in [-0.1, -0.05) is 12.8 Å². The Morgan fingerprint density at radius 2 is 1.86 bits per heavy atom. The first-order valence-electron chi connectivity index (χ1n) is 7.87. The summed E-state index contributed by atoms with van der Waals surface area (Å²) < 4.78 is 8.54. The van der Waals surface area contributed by atoms with E-state index < -0.39 is 5.60 Å². The van der Waals surface area contributed by atoms with E-state index in [0.29, 0.717) is 6.54 Å². The van der Waals surface area contributed by atoms with Crippen molar-refractivity contribution < 1.29 is 9.53 Å². The molecule has 1 N–H and O–H groups in total. The molecule has 0 saturated carbocycles. The number of carbonyl (C=O) groups excluding carboxylic acids is 1. The third-order valence-corrected chi connectivity index (χ3v) is 4.82. The van der Waals surface area contributed by atoms with Gasteiger partial charge in [-0.15, -0.1) is 0 Å². The van der Waals surface area contributed by atoms with Crippen LogP contribution in [0.5, 0.6) is 0 Å². The molecule has 0 atom stereocenters. The Hall–Kier alpha value is -0.790. The molecule has 0 aromatic carbocycles. The molecule has 6 heteroatoms. The van der Waals surface area contributed by atoms with Gasteiger partial charge in [-0.25, -0.2) is 4.79 Å². The summed E-state index contributed by atoms with van der Waals surface area (Å²) in [6.45, 7) is 11.4. The molecule has 0 unspecified atom stereocenters. The lowest BCUT2D eigenvalue weighted by molar-refractivity contribution is 0.0527. The number of nitrogens with zero attached hydrogens (tertiary/aromatic N) is 2. The van der Waals surface area contributed by atoms with E-state index in [1.807, 2.05) is 27.7 Å². The second-order valence-electron chi connectivity index (χ2n) is 6.55. The Morgan fingerprint density at radius 3 is 2.41 bits per heavy atom. The normalized spacial score (nSPS) is 11.5.